The summed E-state index contributed by atoms with van der Waals surface area (Å²) in [5.41, 5.74) is 2.89. The van der Waals surface area contributed by atoms with E-state index in [4.69, 9.17) is 0 Å². The normalized spacial score (nSPS) is 10.7. The fraction of sp³-hybridized carbons (Fsp3) is 0.235. The Morgan fingerprint density at radius 3 is 2.78 bits per heavy atom. The number of nitrogens with one attached hydrogen (secondary N) is 2. The number of aryl methyl sites for hydroxylation is 1. The molecule has 2 heterocycles. The Kier molecular flexibility index (Phi) is 4.52. The monoisotopic (exact) mass is 309 g/mol. The number of carbonyl (C=O) groups excluding carboxylic acids is 1. The molecule has 0 atom stereocenters. The third-order valence-electron chi connectivity index (χ3n) is 3.62. The van der Waals surface area contributed by atoms with Crippen molar-refractivity contribution in [3.05, 3.63) is 60.2 Å². The van der Waals surface area contributed by atoms with Crippen LogP contribution in [0.4, 0.5) is 4.79 Å². The van der Waals surface area contributed by atoms with E-state index in [1.54, 1.807) is 6.20 Å². The molecule has 0 saturated carbocycles. The summed E-state index contributed by atoms with van der Waals surface area (Å²) >= 11 is 0. The predicted molar refractivity (Wildman–Crippen MR) is 88.9 cm³/mol. The third-order valence-corrected chi connectivity index (χ3v) is 3.62. The van der Waals surface area contributed by atoms with Gasteiger partial charge in [0.2, 0.25) is 0 Å². The van der Waals surface area contributed by atoms with Gasteiger partial charge in [-0.1, -0.05) is 18.2 Å². The topological polar surface area (TPSA) is 71.8 Å². The molecule has 23 heavy (non-hydrogen) atoms. The number of urea groups is 1. The van der Waals surface area contributed by atoms with Crippen LogP contribution in [0.15, 0.2) is 48.7 Å². The van der Waals surface area contributed by atoms with Gasteiger partial charge >= 0.3 is 6.03 Å². The maximum Gasteiger partial charge on any atom is 0.315 e. The summed E-state index contributed by atoms with van der Waals surface area (Å²) in [6.07, 6.45) is 1.71. The molecular weight excluding hydrogens is 290 g/mol. The van der Waals surface area contributed by atoms with E-state index in [1.807, 2.05) is 49.4 Å². The lowest BCUT2D eigenvalue weighted by Crippen LogP contribution is -2.37. The van der Waals surface area contributed by atoms with E-state index in [-0.39, 0.29) is 6.03 Å². The lowest BCUT2D eigenvalue weighted by molar-refractivity contribution is 0.240. The van der Waals surface area contributed by atoms with Crippen LogP contribution in [0.25, 0.3) is 11.0 Å². The molecule has 0 aliphatic carbocycles. The number of imidazole rings is 1. The standard InChI is InChI=1S/C17H19N5O/c1-13-21-15-7-2-3-8-16(15)22(13)11-10-19-17(23)20-12-14-6-4-5-9-18-14/h2-9H,10-12H2,1H3,(H2,19,20,23). The summed E-state index contributed by atoms with van der Waals surface area (Å²) in [5, 5.41) is 5.65. The van der Waals surface area contributed by atoms with Crippen molar-refractivity contribution < 1.29 is 4.79 Å². The van der Waals surface area contributed by atoms with Gasteiger partial charge in [-0.15, -0.1) is 0 Å². The van der Waals surface area contributed by atoms with Gasteiger partial charge in [-0.3, -0.25) is 4.98 Å². The summed E-state index contributed by atoms with van der Waals surface area (Å²) < 4.78 is 2.11. The molecule has 6 heteroatoms. The fourth-order valence-electron chi connectivity index (χ4n) is 2.50. The fourth-order valence-corrected chi connectivity index (χ4v) is 2.50. The Morgan fingerprint density at radius 2 is 1.96 bits per heavy atom. The van der Waals surface area contributed by atoms with Gasteiger partial charge in [-0.2, -0.15) is 0 Å². The van der Waals surface area contributed by atoms with Crippen LogP contribution in [0.1, 0.15) is 11.5 Å². The Hall–Kier alpha value is -2.89. The van der Waals surface area contributed by atoms with Crippen LogP contribution in [-0.2, 0) is 13.1 Å². The number of carbonyl (C=O) groups is 1. The van der Waals surface area contributed by atoms with Crippen LogP contribution in [0.3, 0.4) is 0 Å². The van der Waals surface area contributed by atoms with Crippen molar-refractivity contribution in [3.63, 3.8) is 0 Å². The number of hydrogen-bond acceptors (Lipinski definition) is 3. The average molecular weight is 309 g/mol. The van der Waals surface area contributed by atoms with E-state index < -0.39 is 0 Å². The van der Waals surface area contributed by atoms with Gasteiger partial charge in [0, 0.05) is 19.3 Å². The van der Waals surface area contributed by atoms with Crippen LogP contribution >= 0.6 is 0 Å². The van der Waals surface area contributed by atoms with E-state index in [0.717, 1.165) is 22.6 Å². The smallest absolute Gasteiger partial charge is 0.315 e. The number of rotatable bonds is 5. The zero-order valence-corrected chi connectivity index (χ0v) is 13.0. The van der Waals surface area contributed by atoms with Crippen LogP contribution < -0.4 is 10.6 Å². The van der Waals surface area contributed by atoms with Crippen molar-refractivity contribution in [1.82, 2.24) is 25.2 Å². The quantitative estimate of drug-likeness (QED) is 0.759. The summed E-state index contributed by atoms with van der Waals surface area (Å²) in [4.78, 5) is 20.5. The molecule has 1 aromatic carbocycles. The molecule has 2 N–H and O–H groups in total. The number of nitrogens with zero attached hydrogens (tertiary/aromatic N) is 3. The van der Waals surface area contributed by atoms with Crippen molar-refractivity contribution in [2.24, 2.45) is 0 Å². The van der Waals surface area contributed by atoms with Crippen LogP contribution in [0.5, 0.6) is 0 Å². The Labute approximate surface area is 134 Å². The van der Waals surface area contributed by atoms with Crippen LogP contribution in [-0.4, -0.2) is 27.1 Å². The SMILES string of the molecule is Cc1nc2ccccc2n1CCNC(=O)NCc1ccccn1. The highest BCUT2D eigenvalue weighted by atomic mass is 16.2. The molecule has 0 aliphatic rings. The third kappa shape index (κ3) is 3.66. The first-order chi connectivity index (χ1) is 11.2. The van der Waals surface area contributed by atoms with Crippen molar-refractivity contribution in [3.8, 4) is 0 Å². The average Bonchev–Trinajstić information content (AvgIpc) is 2.90. The number of pyridine rings is 1. The predicted octanol–water partition coefficient (Wildman–Crippen LogP) is 2.24. The summed E-state index contributed by atoms with van der Waals surface area (Å²) in [6, 6.07) is 13.4. The van der Waals surface area contributed by atoms with E-state index in [2.05, 4.69) is 25.2 Å². The highest BCUT2D eigenvalue weighted by Gasteiger charge is 2.07. The highest BCUT2D eigenvalue weighted by Crippen LogP contribution is 2.14. The Morgan fingerprint density at radius 1 is 1.13 bits per heavy atom. The molecule has 0 spiro atoms. The minimum Gasteiger partial charge on any atom is -0.336 e. The van der Waals surface area contributed by atoms with Gasteiger partial charge in [0.1, 0.15) is 5.82 Å². The maximum atomic E-state index is 11.8. The van der Waals surface area contributed by atoms with Crippen molar-refractivity contribution in [1.29, 1.82) is 0 Å². The Balaban J connectivity index is 1.50. The second-order valence-electron chi connectivity index (χ2n) is 5.23. The lowest BCUT2D eigenvalue weighted by atomic mass is 10.3. The molecule has 2 aromatic heterocycles. The number of aromatic nitrogens is 3. The zero-order valence-electron chi connectivity index (χ0n) is 13.0. The van der Waals surface area contributed by atoms with Gasteiger partial charge in [0.05, 0.1) is 23.3 Å². The molecule has 118 valence electrons. The molecule has 0 aliphatic heterocycles. The summed E-state index contributed by atoms with van der Waals surface area (Å²) in [5.74, 6) is 0.946. The molecule has 3 aromatic rings. The van der Waals surface area contributed by atoms with Gasteiger partial charge in [-0.25, -0.2) is 9.78 Å². The summed E-state index contributed by atoms with van der Waals surface area (Å²) in [7, 11) is 0. The van der Waals surface area contributed by atoms with Crippen LogP contribution in [0.2, 0.25) is 0 Å². The minimum absolute atomic E-state index is 0.197. The molecule has 0 fully saturated rings. The number of para-hydroxylation sites is 2. The van der Waals surface area contributed by atoms with Gasteiger partial charge < -0.3 is 15.2 Å². The number of benzene rings is 1. The first-order valence-electron chi connectivity index (χ1n) is 7.57. The lowest BCUT2D eigenvalue weighted by Gasteiger charge is -2.09. The molecule has 2 amide bonds. The molecule has 6 nitrogen and oxygen atoms in total. The first-order valence-corrected chi connectivity index (χ1v) is 7.57. The van der Waals surface area contributed by atoms with Crippen LogP contribution in [0, 0.1) is 6.92 Å². The maximum absolute atomic E-state index is 11.8. The second kappa shape index (κ2) is 6.91. The van der Waals surface area contributed by atoms with Gasteiger partial charge in [-0.05, 0) is 31.2 Å². The minimum atomic E-state index is -0.197. The molecular formula is C17H19N5O. The molecule has 0 unspecified atom stereocenters. The van der Waals surface area contributed by atoms with E-state index in [9.17, 15) is 4.79 Å². The van der Waals surface area contributed by atoms with Gasteiger partial charge in [0.25, 0.3) is 0 Å². The second-order valence-corrected chi connectivity index (χ2v) is 5.23. The number of amides is 2. The van der Waals surface area contributed by atoms with E-state index in [0.29, 0.717) is 19.6 Å². The van der Waals surface area contributed by atoms with Crippen molar-refractivity contribution in [2.75, 3.05) is 6.54 Å². The molecule has 3 rings (SSSR count). The van der Waals surface area contributed by atoms with E-state index in [1.165, 1.54) is 0 Å². The Bertz CT molecular complexity index is 797. The molecule has 0 bridgehead atoms. The molecule has 0 radical (unpaired) electrons. The number of fused-ring (bicyclic) bond motifs is 1. The number of hydrogen-bond donors (Lipinski definition) is 2. The van der Waals surface area contributed by atoms with Crippen molar-refractivity contribution >= 4 is 17.1 Å². The largest absolute Gasteiger partial charge is 0.336 e. The zero-order chi connectivity index (χ0) is 16.1. The first kappa shape index (κ1) is 15.0. The van der Waals surface area contributed by atoms with E-state index >= 15 is 0 Å². The van der Waals surface area contributed by atoms with Gasteiger partial charge in [0.15, 0.2) is 0 Å². The van der Waals surface area contributed by atoms with Crippen molar-refractivity contribution in [2.45, 2.75) is 20.0 Å². The highest BCUT2D eigenvalue weighted by molar-refractivity contribution is 5.76. The molecule has 0 saturated heterocycles. The summed E-state index contributed by atoms with van der Waals surface area (Å²) in [6.45, 7) is 3.61.